The molecule has 2 atom stereocenters. The van der Waals surface area contributed by atoms with Crippen LogP contribution in [0.4, 0.5) is 0 Å². The summed E-state index contributed by atoms with van der Waals surface area (Å²) in [6, 6.07) is 5.71. The van der Waals surface area contributed by atoms with E-state index < -0.39 is 11.9 Å². The van der Waals surface area contributed by atoms with Crippen LogP contribution in [0.15, 0.2) is 18.2 Å². The van der Waals surface area contributed by atoms with Gasteiger partial charge in [-0.1, -0.05) is 13.0 Å². The number of benzene rings is 1. The van der Waals surface area contributed by atoms with Gasteiger partial charge in [-0.15, -0.1) is 0 Å². The number of carboxylic acids is 1. The van der Waals surface area contributed by atoms with Gasteiger partial charge in [-0.25, -0.2) is 0 Å². The minimum Gasteiger partial charge on any atom is -0.497 e. The maximum atomic E-state index is 10.9. The molecule has 1 rings (SSSR count). The lowest BCUT2D eigenvalue weighted by Gasteiger charge is -2.27. The number of nitrogens with zero attached hydrogens (tertiary/aromatic N) is 1. The van der Waals surface area contributed by atoms with Crippen molar-refractivity contribution in [1.82, 2.24) is 4.90 Å². The van der Waals surface area contributed by atoms with E-state index in [1.807, 2.05) is 37.1 Å². The molecular weight excluding hydrogens is 258 g/mol. The molecule has 5 heteroatoms. The highest BCUT2D eigenvalue weighted by atomic mass is 16.5. The molecule has 0 saturated heterocycles. The summed E-state index contributed by atoms with van der Waals surface area (Å²) in [5, 5.41) is 8.98. The monoisotopic (exact) mass is 281 g/mol. The van der Waals surface area contributed by atoms with Crippen LogP contribution in [0, 0.1) is 5.92 Å². The minimum absolute atomic E-state index is 0.0534. The van der Waals surface area contributed by atoms with E-state index in [0.717, 1.165) is 17.1 Å². The molecule has 1 N–H and O–H groups in total. The van der Waals surface area contributed by atoms with Gasteiger partial charge in [0, 0.05) is 24.2 Å². The zero-order valence-corrected chi connectivity index (χ0v) is 12.7. The maximum Gasteiger partial charge on any atom is 0.307 e. The van der Waals surface area contributed by atoms with Crippen molar-refractivity contribution in [2.24, 2.45) is 5.92 Å². The number of rotatable bonds is 7. The molecule has 0 heterocycles. The fourth-order valence-electron chi connectivity index (χ4n) is 2.07. The Morgan fingerprint density at radius 1 is 1.30 bits per heavy atom. The Balaban J connectivity index is 2.90. The Hall–Kier alpha value is -1.75. The van der Waals surface area contributed by atoms with Gasteiger partial charge in [0.15, 0.2) is 0 Å². The molecule has 0 saturated carbocycles. The van der Waals surface area contributed by atoms with Gasteiger partial charge in [-0.05, 0) is 20.0 Å². The zero-order chi connectivity index (χ0) is 15.3. The first-order valence-electron chi connectivity index (χ1n) is 6.55. The molecular formula is C15H23NO4. The van der Waals surface area contributed by atoms with E-state index in [1.54, 1.807) is 21.1 Å². The highest BCUT2D eigenvalue weighted by molar-refractivity contribution is 5.69. The van der Waals surface area contributed by atoms with E-state index in [4.69, 9.17) is 14.6 Å². The van der Waals surface area contributed by atoms with E-state index in [2.05, 4.69) is 0 Å². The second-order valence-electron chi connectivity index (χ2n) is 4.96. The van der Waals surface area contributed by atoms with Crippen LogP contribution in [0.25, 0.3) is 0 Å². The molecule has 2 unspecified atom stereocenters. The van der Waals surface area contributed by atoms with Gasteiger partial charge >= 0.3 is 5.97 Å². The molecule has 0 aromatic heterocycles. The van der Waals surface area contributed by atoms with E-state index in [0.29, 0.717) is 6.54 Å². The summed E-state index contributed by atoms with van der Waals surface area (Å²) in [7, 11) is 5.14. The van der Waals surface area contributed by atoms with Crippen molar-refractivity contribution in [2.75, 3.05) is 27.8 Å². The highest BCUT2D eigenvalue weighted by Crippen LogP contribution is 2.32. The van der Waals surface area contributed by atoms with E-state index in [1.165, 1.54) is 0 Å². The van der Waals surface area contributed by atoms with Crippen LogP contribution >= 0.6 is 0 Å². The van der Waals surface area contributed by atoms with Crippen molar-refractivity contribution in [3.8, 4) is 11.5 Å². The summed E-state index contributed by atoms with van der Waals surface area (Å²) in [6.07, 6.45) is 0. The lowest BCUT2D eigenvalue weighted by Crippen LogP contribution is -2.31. The third-order valence-electron chi connectivity index (χ3n) is 3.54. The SMILES string of the molecule is COc1ccc(C(C)N(C)CC(C)C(=O)O)c(OC)c1. The number of methoxy groups -OCH3 is 2. The average molecular weight is 281 g/mol. The van der Waals surface area contributed by atoms with E-state index in [-0.39, 0.29) is 6.04 Å². The van der Waals surface area contributed by atoms with Crippen LogP contribution in [0.5, 0.6) is 11.5 Å². The van der Waals surface area contributed by atoms with Crippen molar-refractivity contribution in [3.63, 3.8) is 0 Å². The van der Waals surface area contributed by atoms with Gasteiger partial charge in [0.05, 0.1) is 20.1 Å². The van der Waals surface area contributed by atoms with Crippen molar-refractivity contribution in [3.05, 3.63) is 23.8 Å². The highest BCUT2D eigenvalue weighted by Gasteiger charge is 2.21. The van der Waals surface area contributed by atoms with Gasteiger partial charge in [-0.3, -0.25) is 9.69 Å². The number of hydrogen-bond donors (Lipinski definition) is 1. The Labute approximate surface area is 120 Å². The number of carboxylic acid groups (broad SMARTS) is 1. The second-order valence-corrected chi connectivity index (χ2v) is 4.96. The predicted octanol–water partition coefficient (Wildman–Crippen LogP) is 2.42. The molecule has 0 aliphatic rings. The Morgan fingerprint density at radius 3 is 2.45 bits per heavy atom. The van der Waals surface area contributed by atoms with Crippen LogP contribution in [-0.4, -0.2) is 43.8 Å². The van der Waals surface area contributed by atoms with Crippen LogP contribution in [0.1, 0.15) is 25.5 Å². The lowest BCUT2D eigenvalue weighted by molar-refractivity contribution is -0.141. The second kappa shape index (κ2) is 7.14. The van der Waals surface area contributed by atoms with Gasteiger partial charge in [0.25, 0.3) is 0 Å². The molecule has 0 aliphatic heterocycles. The third-order valence-corrected chi connectivity index (χ3v) is 3.54. The van der Waals surface area contributed by atoms with Gasteiger partial charge in [0.1, 0.15) is 11.5 Å². The fraction of sp³-hybridized carbons (Fsp3) is 0.533. The summed E-state index contributed by atoms with van der Waals surface area (Å²) in [4.78, 5) is 12.9. The van der Waals surface area contributed by atoms with E-state index in [9.17, 15) is 4.79 Å². The maximum absolute atomic E-state index is 10.9. The predicted molar refractivity (Wildman–Crippen MR) is 77.4 cm³/mol. The molecule has 5 nitrogen and oxygen atoms in total. The Morgan fingerprint density at radius 2 is 1.95 bits per heavy atom. The third kappa shape index (κ3) is 3.87. The van der Waals surface area contributed by atoms with Crippen molar-refractivity contribution < 1.29 is 19.4 Å². The van der Waals surface area contributed by atoms with Crippen molar-refractivity contribution >= 4 is 5.97 Å². The van der Waals surface area contributed by atoms with Crippen molar-refractivity contribution in [1.29, 1.82) is 0 Å². The first-order valence-corrected chi connectivity index (χ1v) is 6.55. The van der Waals surface area contributed by atoms with Gasteiger partial charge < -0.3 is 14.6 Å². The lowest BCUT2D eigenvalue weighted by atomic mass is 10.0. The molecule has 0 amide bonds. The quantitative estimate of drug-likeness (QED) is 0.831. The van der Waals surface area contributed by atoms with E-state index >= 15 is 0 Å². The first-order chi connectivity index (χ1) is 9.40. The van der Waals surface area contributed by atoms with Crippen molar-refractivity contribution in [2.45, 2.75) is 19.9 Å². The molecule has 20 heavy (non-hydrogen) atoms. The zero-order valence-electron chi connectivity index (χ0n) is 12.7. The molecule has 0 fully saturated rings. The molecule has 0 radical (unpaired) electrons. The molecule has 1 aromatic carbocycles. The van der Waals surface area contributed by atoms with Crippen LogP contribution in [0.2, 0.25) is 0 Å². The number of aliphatic carboxylic acids is 1. The summed E-state index contributed by atoms with van der Waals surface area (Å²) in [6.45, 7) is 4.21. The fourth-order valence-corrected chi connectivity index (χ4v) is 2.07. The molecule has 0 spiro atoms. The summed E-state index contributed by atoms with van der Waals surface area (Å²) < 4.78 is 10.6. The number of carbonyl (C=O) groups is 1. The summed E-state index contributed by atoms with van der Waals surface area (Å²) in [5.74, 6) is 0.281. The molecule has 112 valence electrons. The normalized spacial score (nSPS) is 13.9. The minimum atomic E-state index is -0.786. The van der Waals surface area contributed by atoms with Crippen LogP contribution in [0.3, 0.4) is 0 Å². The van der Waals surface area contributed by atoms with Gasteiger partial charge in [-0.2, -0.15) is 0 Å². The molecule has 0 aliphatic carbocycles. The standard InChI is InChI=1S/C15H23NO4/c1-10(15(17)18)9-16(3)11(2)13-7-6-12(19-4)8-14(13)20-5/h6-8,10-11H,9H2,1-5H3,(H,17,18). The molecule has 1 aromatic rings. The average Bonchev–Trinajstić information content (AvgIpc) is 2.45. The number of hydrogen-bond acceptors (Lipinski definition) is 4. The first kappa shape index (κ1) is 16.3. The van der Waals surface area contributed by atoms with Gasteiger partial charge in [0.2, 0.25) is 0 Å². The van der Waals surface area contributed by atoms with Crippen LogP contribution in [-0.2, 0) is 4.79 Å². The summed E-state index contributed by atoms with van der Waals surface area (Å²) in [5.41, 5.74) is 1.01. The van der Waals surface area contributed by atoms with Crippen LogP contribution < -0.4 is 9.47 Å². The smallest absolute Gasteiger partial charge is 0.307 e. The Kier molecular flexibility index (Phi) is 5.82. The topological polar surface area (TPSA) is 59.0 Å². The molecule has 0 bridgehead atoms. The largest absolute Gasteiger partial charge is 0.497 e. The summed E-state index contributed by atoms with van der Waals surface area (Å²) >= 11 is 0. The Bertz CT molecular complexity index is 461. The number of ether oxygens (including phenoxy) is 2.